The van der Waals surface area contributed by atoms with Gasteiger partial charge in [-0.05, 0) is 50.5 Å². The maximum Gasteiger partial charge on any atom is 0.165 e. The molecule has 1 unspecified atom stereocenters. The van der Waals surface area contributed by atoms with Gasteiger partial charge in [-0.1, -0.05) is 24.3 Å². The van der Waals surface area contributed by atoms with E-state index >= 15 is 0 Å². The van der Waals surface area contributed by atoms with E-state index in [2.05, 4.69) is 23.5 Å². The third-order valence-corrected chi connectivity index (χ3v) is 4.66. The SMILES string of the molecule is COc1cccc(CNCc2ccc(OC(C)C)cc2)c1OCC1CCCO1. The molecule has 0 saturated carbocycles. The van der Waals surface area contributed by atoms with Gasteiger partial charge in [0.15, 0.2) is 11.5 Å². The van der Waals surface area contributed by atoms with Crippen molar-refractivity contribution in [1.82, 2.24) is 5.32 Å². The van der Waals surface area contributed by atoms with Gasteiger partial charge in [0, 0.05) is 25.3 Å². The normalized spacial score (nSPS) is 16.4. The number of ether oxygens (including phenoxy) is 4. The molecule has 2 aromatic rings. The van der Waals surface area contributed by atoms with E-state index in [4.69, 9.17) is 18.9 Å². The maximum atomic E-state index is 6.09. The van der Waals surface area contributed by atoms with Crippen molar-refractivity contribution >= 4 is 0 Å². The van der Waals surface area contributed by atoms with Crippen molar-refractivity contribution in [3.05, 3.63) is 53.6 Å². The number of para-hydroxylation sites is 1. The quantitative estimate of drug-likeness (QED) is 0.660. The lowest BCUT2D eigenvalue weighted by molar-refractivity contribution is 0.0666. The van der Waals surface area contributed by atoms with E-state index in [0.717, 1.165) is 48.8 Å². The molecule has 28 heavy (non-hydrogen) atoms. The zero-order valence-electron chi connectivity index (χ0n) is 17.1. The first-order valence-corrected chi connectivity index (χ1v) is 10.0. The second-order valence-corrected chi connectivity index (χ2v) is 7.31. The third-order valence-electron chi connectivity index (χ3n) is 4.66. The molecular formula is C23H31NO4. The first-order chi connectivity index (χ1) is 13.7. The highest BCUT2D eigenvalue weighted by Crippen LogP contribution is 2.32. The zero-order valence-corrected chi connectivity index (χ0v) is 17.1. The Hall–Kier alpha value is -2.24. The van der Waals surface area contributed by atoms with Crippen molar-refractivity contribution in [1.29, 1.82) is 0 Å². The first kappa shape index (κ1) is 20.5. The van der Waals surface area contributed by atoms with E-state index in [1.807, 2.05) is 38.1 Å². The summed E-state index contributed by atoms with van der Waals surface area (Å²) in [5, 5.41) is 3.49. The summed E-state index contributed by atoms with van der Waals surface area (Å²) < 4.78 is 23.0. The molecular weight excluding hydrogens is 354 g/mol. The maximum absolute atomic E-state index is 6.09. The van der Waals surface area contributed by atoms with Gasteiger partial charge in [-0.2, -0.15) is 0 Å². The van der Waals surface area contributed by atoms with Gasteiger partial charge >= 0.3 is 0 Å². The van der Waals surface area contributed by atoms with Gasteiger partial charge in [-0.3, -0.25) is 0 Å². The van der Waals surface area contributed by atoms with E-state index in [1.165, 1.54) is 5.56 Å². The van der Waals surface area contributed by atoms with E-state index < -0.39 is 0 Å². The van der Waals surface area contributed by atoms with Crippen LogP contribution in [-0.2, 0) is 17.8 Å². The van der Waals surface area contributed by atoms with Gasteiger partial charge in [0.2, 0.25) is 0 Å². The fourth-order valence-electron chi connectivity index (χ4n) is 3.28. The molecule has 1 N–H and O–H groups in total. The minimum absolute atomic E-state index is 0.178. The van der Waals surface area contributed by atoms with Crippen LogP contribution in [0.1, 0.15) is 37.8 Å². The fraction of sp³-hybridized carbons (Fsp3) is 0.478. The lowest BCUT2D eigenvalue weighted by Gasteiger charge is -2.18. The Bertz CT molecular complexity index is 724. The van der Waals surface area contributed by atoms with Crippen LogP contribution in [0.5, 0.6) is 17.2 Å². The van der Waals surface area contributed by atoms with Crippen molar-refractivity contribution in [2.75, 3.05) is 20.3 Å². The summed E-state index contributed by atoms with van der Waals surface area (Å²) in [4.78, 5) is 0. The highest BCUT2D eigenvalue weighted by atomic mass is 16.5. The monoisotopic (exact) mass is 385 g/mol. The molecule has 0 spiro atoms. The first-order valence-electron chi connectivity index (χ1n) is 10.0. The molecule has 152 valence electrons. The van der Waals surface area contributed by atoms with E-state index in [1.54, 1.807) is 7.11 Å². The molecule has 1 fully saturated rings. The summed E-state index contributed by atoms with van der Waals surface area (Å²) in [5.74, 6) is 2.46. The van der Waals surface area contributed by atoms with E-state index in [0.29, 0.717) is 13.2 Å². The number of methoxy groups -OCH3 is 1. The van der Waals surface area contributed by atoms with Crippen LogP contribution in [0.3, 0.4) is 0 Å². The van der Waals surface area contributed by atoms with Crippen LogP contribution < -0.4 is 19.5 Å². The number of benzene rings is 2. The Morgan fingerprint density at radius 3 is 2.61 bits per heavy atom. The van der Waals surface area contributed by atoms with E-state index in [-0.39, 0.29) is 12.2 Å². The predicted octanol–water partition coefficient (Wildman–Crippen LogP) is 4.33. The minimum atomic E-state index is 0.178. The lowest BCUT2D eigenvalue weighted by Crippen LogP contribution is -2.19. The van der Waals surface area contributed by atoms with Gasteiger partial charge in [0.1, 0.15) is 12.4 Å². The standard InChI is InChI=1S/C23H31NO4/c1-17(2)28-20-11-9-18(10-12-20)14-24-15-19-6-4-8-22(25-3)23(19)27-16-21-7-5-13-26-21/h4,6,8-12,17,21,24H,5,7,13-16H2,1-3H3. The highest BCUT2D eigenvalue weighted by Gasteiger charge is 2.18. The molecule has 1 aliphatic heterocycles. The molecule has 0 aliphatic carbocycles. The molecule has 2 aromatic carbocycles. The number of hydrogen-bond acceptors (Lipinski definition) is 5. The van der Waals surface area contributed by atoms with Gasteiger partial charge in [0.25, 0.3) is 0 Å². The molecule has 5 heteroatoms. The average molecular weight is 386 g/mol. The smallest absolute Gasteiger partial charge is 0.165 e. The molecule has 0 aromatic heterocycles. The molecule has 1 atom stereocenters. The van der Waals surface area contributed by atoms with Crippen LogP contribution in [-0.4, -0.2) is 32.5 Å². The molecule has 1 heterocycles. The Labute approximate surface area is 168 Å². The Kier molecular flexibility index (Phi) is 7.57. The van der Waals surface area contributed by atoms with Gasteiger partial charge in [-0.15, -0.1) is 0 Å². The van der Waals surface area contributed by atoms with Crippen molar-refractivity contribution in [3.63, 3.8) is 0 Å². The van der Waals surface area contributed by atoms with Crippen molar-refractivity contribution in [3.8, 4) is 17.2 Å². The second-order valence-electron chi connectivity index (χ2n) is 7.31. The molecule has 3 rings (SSSR count). The Morgan fingerprint density at radius 1 is 1.11 bits per heavy atom. The van der Waals surface area contributed by atoms with Crippen LogP contribution in [0.25, 0.3) is 0 Å². The summed E-state index contributed by atoms with van der Waals surface area (Å²) in [6.07, 6.45) is 2.52. The Morgan fingerprint density at radius 2 is 1.93 bits per heavy atom. The van der Waals surface area contributed by atoms with Crippen LogP contribution >= 0.6 is 0 Å². The minimum Gasteiger partial charge on any atom is -0.493 e. The van der Waals surface area contributed by atoms with Gasteiger partial charge < -0.3 is 24.3 Å². The summed E-state index contributed by atoms with van der Waals surface area (Å²) >= 11 is 0. The largest absolute Gasteiger partial charge is 0.493 e. The molecule has 0 amide bonds. The summed E-state index contributed by atoms with van der Waals surface area (Å²) in [7, 11) is 1.67. The molecule has 0 radical (unpaired) electrons. The van der Waals surface area contributed by atoms with Crippen LogP contribution in [0.4, 0.5) is 0 Å². The summed E-state index contributed by atoms with van der Waals surface area (Å²) in [6, 6.07) is 14.2. The van der Waals surface area contributed by atoms with Crippen molar-refractivity contribution in [2.24, 2.45) is 0 Å². The zero-order chi connectivity index (χ0) is 19.8. The number of rotatable bonds is 10. The van der Waals surface area contributed by atoms with E-state index in [9.17, 15) is 0 Å². The lowest BCUT2D eigenvalue weighted by atomic mass is 10.1. The van der Waals surface area contributed by atoms with Crippen LogP contribution in [0.15, 0.2) is 42.5 Å². The third kappa shape index (κ3) is 5.88. The summed E-state index contributed by atoms with van der Waals surface area (Å²) in [5.41, 5.74) is 2.29. The highest BCUT2D eigenvalue weighted by molar-refractivity contribution is 5.46. The Balaban J connectivity index is 1.57. The van der Waals surface area contributed by atoms with Crippen LogP contribution in [0.2, 0.25) is 0 Å². The molecule has 0 bridgehead atoms. The molecule has 1 aliphatic rings. The number of nitrogens with one attached hydrogen (secondary N) is 1. The predicted molar refractivity (Wildman–Crippen MR) is 110 cm³/mol. The molecule has 1 saturated heterocycles. The fourth-order valence-corrected chi connectivity index (χ4v) is 3.28. The summed E-state index contributed by atoms with van der Waals surface area (Å²) in [6.45, 7) is 6.91. The van der Waals surface area contributed by atoms with Gasteiger partial charge in [-0.25, -0.2) is 0 Å². The van der Waals surface area contributed by atoms with Crippen molar-refractivity contribution in [2.45, 2.75) is 52.0 Å². The number of hydrogen-bond donors (Lipinski definition) is 1. The molecule has 5 nitrogen and oxygen atoms in total. The average Bonchev–Trinajstić information content (AvgIpc) is 3.21. The second kappa shape index (κ2) is 10.3. The topological polar surface area (TPSA) is 49.0 Å². The van der Waals surface area contributed by atoms with Gasteiger partial charge in [0.05, 0.1) is 19.3 Å². The van der Waals surface area contributed by atoms with Crippen LogP contribution in [0, 0.1) is 0 Å². The van der Waals surface area contributed by atoms with Crippen molar-refractivity contribution < 1.29 is 18.9 Å².